The SMILES string of the molecule is CCCc1nc(SC2CCNCC2)[nH]c(=O)c1C#N. The Morgan fingerprint density at radius 1 is 1.47 bits per heavy atom. The average molecular weight is 278 g/mol. The van der Waals surface area contributed by atoms with Crippen molar-refractivity contribution in [2.45, 2.75) is 43.0 Å². The molecule has 2 N–H and O–H groups in total. The van der Waals surface area contributed by atoms with E-state index in [0.717, 1.165) is 32.4 Å². The maximum atomic E-state index is 11.9. The lowest BCUT2D eigenvalue weighted by molar-refractivity contribution is 0.530. The molecule has 2 rings (SSSR count). The van der Waals surface area contributed by atoms with Gasteiger partial charge in [-0.05, 0) is 32.4 Å². The summed E-state index contributed by atoms with van der Waals surface area (Å²) in [4.78, 5) is 19.0. The van der Waals surface area contributed by atoms with Gasteiger partial charge in [0.15, 0.2) is 5.16 Å². The van der Waals surface area contributed by atoms with E-state index in [0.29, 0.717) is 22.5 Å². The zero-order chi connectivity index (χ0) is 13.7. The molecule has 1 saturated heterocycles. The quantitative estimate of drug-likeness (QED) is 0.814. The first-order chi connectivity index (χ1) is 9.24. The Labute approximate surface area is 116 Å². The molecule has 0 unspecified atom stereocenters. The molecule has 2 heterocycles. The minimum atomic E-state index is -0.308. The molecule has 102 valence electrons. The van der Waals surface area contributed by atoms with E-state index >= 15 is 0 Å². The second-order valence-electron chi connectivity index (χ2n) is 4.62. The molecule has 0 radical (unpaired) electrons. The van der Waals surface area contributed by atoms with Crippen molar-refractivity contribution in [3.05, 3.63) is 21.6 Å². The molecule has 0 spiro atoms. The van der Waals surface area contributed by atoms with Gasteiger partial charge in [-0.3, -0.25) is 4.79 Å². The van der Waals surface area contributed by atoms with Gasteiger partial charge in [-0.2, -0.15) is 5.26 Å². The maximum Gasteiger partial charge on any atom is 0.269 e. The van der Waals surface area contributed by atoms with E-state index in [1.54, 1.807) is 11.8 Å². The highest BCUT2D eigenvalue weighted by molar-refractivity contribution is 7.99. The Bertz CT molecular complexity index is 528. The number of thioether (sulfide) groups is 1. The third kappa shape index (κ3) is 3.58. The number of aromatic amines is 1. The van der Waals surface area contributed by atoms with Gasteiger partial charge in [0, 0.05) is 5.25 Å². The lowest BCUT2D eigenvalue weighted by atomic mass is 10.1. The average Bonchev–Trinajstić information content (AvgIpc) is 2.40. The number of nitrogens with zero attached hydrogens (tertiary/aromatic N) is 2. The minimum absolute atomic E-state index is 0.163. The van der Waals surface area contributed by atoms with Crippen LogP contribution in [-0.2, 0) is 6.42 Å². The highest BCUT2D eigenvalue weighted by Gasteiger charge is 2.17. The van der Waals surface area contributed by atoms with E-state index in [2.05, 4.69) is 15.3 Å². The largest absolute Gasteiger partial charge is 0.317 e. The number of H-pyrrole nitrogens is 1. The van der Waals surface area contributed by atoms with Crippen molar-refractivity contribution in [2.75, 3.05) is 13.1 Å². The number of aryl methyl sites for hydroxylation is 1. The lowest BCUT2D eigenvalue weighted by Crippen LogP contribution is -2.29. The molecular weight excluding hydrogens is 260 g/mol. The van der Waals surface area contributed by atoms with E-state index in [-0.39, 0.29) is 11.1 Å². The van der Waals surface area contributed by atoms with E-state index < -0.39 is 0 Å². The number of rotatable bonds is 4. The van der Waals surface area contributed by atoms with Gasteiger partial charge in [-0.15, -0.1) is 0 Å². The molecule has 1 aliphatic heterocycles. The monoisotopic (exact) mass is 278 g/mol. The maximum absolute atomic E-state index is 11.9. The first-order valence-corrected chi connectivity index (χ1v) is 7.53. The zero-order valence-electron chi connectivity index (χ0n) is 11.0. The van der Waals surface area contributed by atoms with Crippen LogP contribution in [0.15, 0.2) is 9.95 Å². The van der Waals surface area contributed by atoms with Gasteiger partial charge >= 0.3 is 0 Å². The van der Waals surface area contributed by atoms with E-state index in [1.807, 2.05) is 13.0 Å². The molecular formula is C13H18N4OS. The molecule has 0 amide bonds. The molecule has 6 heteroatoms. The van der Waals surface area contributed by atoms with Crippen LogP contribution in [0, 0.1) is 11.3 Å². The van der Waals surface area contributed by atoms with Crippen molar-refractivity contribution >= 4 is 11.8 Å². The van der Waals surface area contributed by atoms with E-state index in [9.17, 15) is 4.79 Å². The Balaban J connectivity index is 2.21. The number of piperidine rings is 1. The fraction of sp³-hybridized carbons (Fsp3) is 0.615. The first kappa shape index (κ1) is 14.1. The lowest BCUT2D eigenvalue weighted by Gasteiger charge is -2.21. The second-order valence-corrected chi connectivity index (χ2v) is 5.91. The Morgan fingerprint density at radius 3 is 2.84 bits per heavy atom. The number of aromatic nitrogens is 2. The van der Waals surface area contributed by atoms with E-state index in [4.69, 9.17) is 5.26 Å². The highest BCUT2D eigenvalue weighted by atomic mass is 32.2. The summed E-state index contributed by atoms with van der Waals surface area (Å²) >= 11 is 1.62. The van der Waals surface area contributed by atoms with Gasteiger partial charge < -0.3 is 10.3 Å². The molecule has 0 aliphatic carbocycles. The van der Waals surface area contributed by atoms with Crippen LogP contribution in [0.3, 0.4) is 0 Å². The molecule has 1 aromatic rings. The van der Waals surface area contributed by atoms with Crippen molar-refractivity contribution < 1.29 is 0 Å². The molecule has 0 bridgehead atoms. The van der Waals surface area contributed by atoms with Gasteiger partial charge in [0.2, 0.25) is 0 Å². The van der Waals surface area contributed by atoms with Crippen molar-refractivity contribution in [1.82, 2.24) is 15.3 Å². The summed E-state index contributed by atoms with van der Waals surface area (Å²) in [5, 5.41) is 13.5. The number of nitrogens with one attached hydrogen (secondary N) is 2. The standard InChI is InChI=1S/C13H18N4OS/c1-2-3-11-10(8-14)12(18)17-13(16-11)19-9-4-6-15-7-5-9/h9,15H,2-7H2,1H3,(H,16,17,18). The van der Waals surface area contributed by atoms with Crippen molar-refractivity contribution in [3.8, 4) is 6.07 Å². The summed E-state index contributed by atoms with van der Waals surface area (Å²) in [5.74, 6) is 0. The molecule has 0 atom stereocenters. The summed E-state index contributed by atoms with van der Waals surface area (Å²) in [6, 6.07) is 1.95. The third-order valence-electron chi connectivity index (χ3n) is 3.14. The number of hydrogen-bond acceptors (Lipinski definition) is 5. The van der Waals surface area contributed by atoms with Crippen LogP contribution < -0.4 is 10.9 Å². The van der Waals surface area contributed by atoms with Gasteiger partial charge in [-0.1, -0.05) is 25.1 Å². The van der Waals surface area contributed by atoms with Crippen LogP contribution >= 0.6 is 11.8 Å². The summed E-state index contributed by atoms with van der Waals surface area (Å²) in [7, 11) is 0. The number of nitriles is 1. The second kappa shape index (κ2) is 6.73. The first-order valence-electron chi connectivity index (χ1n) is 6.65. The van der Waals surface area contributed by atoms with Gasteiger partial charge in [0.1, 0.15) is 11.6 Å². The normalized spacial score (nSPS) is 16.2. The fourth-order valence-electron chi connectivity index (χ4n) is 2.16. The van der Waals surface area contributed by atoms with Crippen LogP contribution in [0.1, 0.15) is 37.4 Å². The summed E-state index contributed by atoms with van der Waals surface area (Å²) < 4.78 is 0. The third-order valence-corrected chi connectivity index (χ3v) is 4.36. The molecule has 5 nitrogen and oxygen atoms in total. The van der Waals surface area contributed by atoms with E-state index in [1.165, 1.54) is 0 Å². The van der Waals surface area contributed by atoms with Gasteiger partial charge in [-0.25, -0.2) is 4.98 Å². The fourth-order valence-corrected chi connectivity index (χ4v) is 3.26. The van der Waals surface area contributed by atoms with Crippen LogP contribution in [0.5, 0.6) is 0 Å². The molecule has 1 fully saturated rings. The minimum Gasteiger partial charge on any atom is -0.317 e. The Kier molecular flexibility index (Phi) is 5.00. The van der Waals surface area contributed by atoms with Crippen LogP contribution in [0.4, 0.5) is 0 Å². The topological polar surface area (TPSA) is 81.6 Å². The van der Waals surface area contributed by atoms with Gasteiger partial charge in [0.05, 0.1) is 5.69 Å². The zero-order valence-corrected chi connectivity index (χ0v) is 11.8. The number of hydrogen-bond donors (Lipinski definition) is 2. The van der Waals surface area contributed by atoms with Crippen LogP contribution in [-0.4, -0.2) is 28.3 Å². The Morgan fingerprint density at radius 2 is 2.21 bits per heavy atom. The molecule has 19 heavy (non-hydrogen) atoms. The predicted octanol–water partition coefficient (Wildman–Crippen LogP) is 1.44. The smallest absolute Gasteiger partial charge is 0.269 e. The summed E-state index contributed by atoms with van der Waals surface area (Å²) in [6.45, 7) is 4.05. The summed E-state index contributed by atoms with van der Waals surface area (Å²) in [6.07, 6.45) is 3.71. The summed E-state index contributed by atoms with van der Waals surface area (Å²) in [5.41, 5.74) is 0.485. The van der Waals surface area contributed by atoms with Crippen molar-refractivity contribution in [1.29, 1.82) is 5.26 Å². The molecule has 1 aromatic heterocycles. The molecule has 0 saturated carbocycles. The van der Waals surface area contributed by atoms with Gasteiger partial charge in [0.25, 0.3) is 5.56 Å². The molecule has 1 aliphatic rings. The highest BCUT2D eigenvalue weighted by Crippen LogP contribution is 2.25. The Hall–Kier alpha value is -1.32. The van der Waals surface area contributed by atoms with Crippen molar-refractivity contribution in [3.63, 3.8) is 0 Å². The van der Waals surface area contributed by atoms with Crippen molar-refractivity contribution in [2.24, 2.45) is 0 Å². The predicted molar refractivity (Wildman–Crippen MR) is 75.3 cm³/mol. The molecule has 0 aromatic carbocycles. The van der Waals surface area contributed by atoms with Crippen LogP contribution in [0.2, 0.25) is 0 Å². The van der Waals surface area contributed by atoms with Crippen LogP contribution in [0.25, 0.3) is 0 Å².